The van der Waals surface area contributed by atoms with Crippen molar-refractivity contribution >= 4 is 27.7 Å². The average Bonchev–Trinajstić information content (AvgIpc) is 3.49. The van der Waals surface area contributed by atoms with Crippen molar-refractivity contribution in [1.29, 1.82) is 0 Å². The van der Waals surface area contributed by atoms with Crippen molar-refractivity contribution in [2.24, 2.45) is 5.92 Å². The van der Waals surface area contributed by atoms with Crippen LogP contribution in [0.1, 0.15) is 32.4 Å². The van der Waals surface area contributed by atoms with Gasteiger partial charge >= 0.3 is 0 Å². The molecule has 1 saturated heterocycles. The van der Waals surface area contributed by atoms with Crippen LogP contribution < -0.4 is 14.2 Å². The number of nitrogens with zero attached hydrogens (tertiary/aromatic N) is 3. The van der Waals surface area contributed by atoms with E-state index < -0.39 is 5.82 Å². The van der Waals surface area contributed by atoms with Gasteiger partial charge in [0, 0.05) is 35.1 Å². The molecule has 2 aromatic carbocycles. The Kier molecular flexibility index (Phi) is 6.38. The number of amides is 1. The summed E-state index contributed by atoms with van der Waals surface area (Å²) >= 11 is 0. The maximum absolute atomic E-state index is 15.1. The Bertz CT molecular complexity index is 1430. The summed E-state index contributed by atoms with van der Waals surface area (Å²) in [6.45, 7) is 6.80. The molecule has 1 N–H and O–H groups in total. The number of fused-ring (bicyclic) bond motifs is 2. The molecule has 0 bridgehead atoms. The quantitative estimate of drug-likeness (QED) is 0.372. The largest absolute Gasteiger partial charge is 0.493 e. The fraction of sp³-hybridized carbons (Fsp3) is 0.370. The fourth-order valence-electron chi connectivity index (χ4n) is 4.68. The van der Waals surface area contributed by atoms with Crippen LogP contribution in [0, 0.1) is 18.7 Å². The number of benzene rings is 2. The second-order valence-corrected chi connectivity index (χ2v) is 9.39. The number of hydrogen-bond donors (Lipinski definition) is 1. The van der Waals surface area contributed by atoms with Gasteiger partial charge in [-0.05, 0) is 44.0 Å². The number of aromatic nitrogens is 3. The highest BCUT2D eigenvalue weighted by molar-refractivity contribution is 5.87. The van der Waals surface area contributed by atoms with Crippen molar-refractivity contribution < 1.29 is 23.4 Å². The van der Waals surface area contributed by atoms with Crippen molar-refractivity contribution in [1.82, 2.24) is 19.9 Å². The van der Waals surface area contributed by atoms with Gasteiger partial charge in [0.05, 0.1) is 24.1 Å². The third-order valence-corrected chi connectivity index (χ3v) is 6.51. The number of likely N-dealkylation sites (tertiary alicyclic amines) is 1. The van der Waals surface area contributed by atoms with Crippen molar-refractivity contribution in [3.05, 3.63) is 48.2 Å². The predicted molar refractivity (Wildman–Crippen MR) is 134 cm³/mol. The van der Waals surface area contributed by atoms with Crippen LogP contribution in [-0.4, -0.2) is 52.1 Å². The normalized spacial score (nSPS) is 15.7. The molecule has 0 spiro atoms. The van der Waals surface area contributed by atoms with E-state index in [1.165, 1.54) is 6.33 Å². The van der Waals surface area contributed by atoms with Gasteiger partial charge in [0.2, 0.25) is 11.8 Å². The molecule has 36 heavy (non-hydrogen) atoms. The van der Waals surface area contributed by atoms with Crippen molar-refractivity contribution in [2.75, 3.05) is 20.3 Å². The minimum atomic E-state index is -0.465. The van der Waals surface area contributed by atoms with Crippen LogP contribution in [0.2, 0.25) is 0 Å². The molecule has 0 unspecified atom stereocenters. The number of nitrogens with one attached hydrogen (secondary N) is 1. The maximum Gasteiger partial charge on any atom is 0.230 e. The molecule has 1 amide bonds. The highest BCUT2D eigenvalue weighted by Gasteiger charge is 2.30. The number of halogens is 1. The van der Waals surface area contributed by atoms with Gasteiger partial charge in [0.25, 0.3) is 0 Å². The van der Waals surface area contributed by atoms with Crippen LogP contribution in [0.25, 0.3) is 21.8 Å². The third kappa shape index (κ3) is 4.41. The second-order valence-electron chi connectivity index (χ2n) is 9.39. The van der Waals surface area contributed by atoms with Gasteiger partial charge in [0.15, 0.2) is 23.1 Å². The van der Waals surface area contributed by atoms with E-state index in [2.05, 4.69) is 15.0 Å². The van der Waals surface area contributed by atoms with Crippen LogP contribution in [0.15, 0.2) is 36.7 Å². The van der Waals surface area contributed by atoms with Gasteiger partial charge in [-0.25, -0.2) is 14.4 Å². The zero-order chi connectivity index (χ0) is 25.4. The molecule has 2 aromatic heterocycles. The van der Waals surface area contributed by atoms with Crippen molar-refractivity contribution in [3.8, 4) is 23.1 Å². The Labute approximate surface area is 208 Å². The van der Waals surface area contributed by atoms with E-state index in [0.717, 1.165) is 25.1 Å². The van der Waals surface area contributed by atoms with Crippen molar-refractivity contribution in [3.63, 3.8) is 0 Å². The number of hydrogen-bond acceptors (Lipinski definition) is 6. The van der Waals surface area contributed by atoms with Gasteiger partial charge < -0.3 is 24.1 Å². The van der Waals surface area contributed by atoms with E-state index in [1.807, 2.05) is 25.7 Å². The molecule has 1 aliphatic rings. The molecule has 1 aliphatic heterocycles. The first-order valence-electron chi connectivity index (χ1n) is 12.1. The first-order chi connectivity index (χ1) is 17.4. The topological polar surface area (TPSA) is 89.6 Å². The molecule has 0 radical (unpaired) electrons. The summed E-state index contributed by atoms with van der Waals surface area (Å²) in [6, 6.07) is 8.57. The summed E-state index contributed by atoms with van der Waals surface area (Å²) in [5, 5.41) is 1.01. The molecule has 1 atom stereocenters. The van der Waals surface area contributed by atoms with Gasteiger partial charge in [-0.15, -0.1) is 0 Å². The number of methoxy groups -OCH3 is 1. The van der Waals surface area contributed by atoms with Crippen LogP contribution >= 0.6 is 0 Å². The number of carbonyl (C=O) groups excluding carboxylic acids is 1. The Morgan fingerprint density at radius 1 is 1.17 bits per heavy atom. The van der Waals surface area contributed by atoms with E-state index >= 15 is 4.39 Å². The third-order valence-electron chi connectivity index (χ3n) is 6.51. The van der Waals surface area contributed by atoms with Gasteiger partial charge in [-0.3, -0.25) is 4.79 Å². The smallest absolute Gasteiger partial charge is 0.230 e. The molecule has 5 rings (SSSR count). The molecule has 1 fully saturated rings. The molecule has 0 aliphatic carbocycles. The minimum absolute atomic E-state index is 0.0135. The second kappa shape index (κ2) is 9.64. The lowest BCUT2D eigenvalue weighted by atomic mass is 10.1. The Hall–Kier alpha value is -3.88. The molecular formula is C27H29FN4O4. The Balaban J connectivity index is 1.42. The van der Waals surface area contributed by atoms with E-state index in [0.29, 0.717) is 39.9 Å². The van der Waals surface area contributed by atoms with Gasteiger partial charge in [0.1, 0.15) is 12.9 Å². The van der Waals surface area contributed by atoms with Crippen LogP contribution in [-0.2, 0) is 4.79 Å². The standard InChI is InChI=1S/C27H29FN4O4/c1-15(2)27(33)32-9-5-6-17(32)13-35-24-12-21-19(11-23(24)34-4)26(30-14-29-21)36-22-8-7-20-18(25(22)28)10-16(3)31-20/h7-8,10-12,14-15,17,31H,5-6,9,13H2,1-4H3/t17-/m1/s1. The summed E-state index contributed by atoms with van der Waals surface area (Å²) in [4.78, 5) is 26.1. The molecular weight excluding hydrogens is 463 g/mol. The van der Waals surface area contributed by atoms with Crippen LogP contribution in [0.3, 0.4) is 0 Å². The first-order valence-corrected chi connectivity index (χ1v) is 12.1. The molecule has 4 aromatic rings. The number of ether oxygens (including phenoxy) is 3. The van der Waals surface area contributed by atoms with E-state index in [-0.39, 0.29) is 29.5 Å². The van der Waals surface area contributed by atoms with E-state index in [4.69, 9.17) is 14.2 Å². The first kappa shape index (κ1) is 23.8. The average molecular weight is 493 g/mol. The summed E-state index contributed by atoms with van der Waals surface area (Å²) in [5.41, 5.74) is 2.13. The number of rotatable bonds is 7. The van der Waals surface area contributed by atoms with E-state index in [9.17, 15) is 4.79 Å². The minimum Gasteiger partial charge on any atom is -0.493 e. The SMILES string of the molecule is COc1cc2c(Oc3ccc4[nH]c(C)cc4c3F)ncnc2cc1OC[C@H]1CCCN1C(=O)C(C)C. The lowest BCUT2D eigenvalue weighted by Crippen LogP contribution is -2.41. The number of aromatic amines is 1. The zero-order valence-corrected chi connectivity index (χ0v) is 20.8. The molecule has 9 heteroatoms. The summed E-state index contributed by atoms with van der Waals surface area (Å²) in [6.07, 6.45) is 3.22. The molecule has 8 nitrogen and oxygen atoms in total. The highest BCUT2D eigenvalue weighted by atomic mass is 19.1. The van der Waals surface area contributed by atoms with Gasteiger partial charge in [-0.2, -0.15) is 0 Å². The predicted octanol–water partition coefficient (Wildman–Crippen LogP) is 5.39. The molecule has 0 saturated carbocycles. The summed E-state index contributed by atoms with van der Waals surface area (Å²) in [7, 11) is 1.55. The summed E-state index contributed by atoms with van der Waals surface area (Å²) < 4.78 is 32.7. The number of carbonyl (C=O) groups is 1. The lowest BCUT2D eigenvalue weighted by molar-refractivity contribution is -0.135. The maximum atomic E-state index is 15.1. The van der Waals surface area contributed by atoms with Gasteiger partial charge in [-0.1, -0.05) is 13.8 Å². The Morgan fingerprint density at radius 3 is 2.78 bits per heavy atom. The molecule has 3 heterocycles. The van der Waals surface area contributed by atoms with Crippen LogP contribution in [0.5, 0.6) is 23.1 Å². The van der Waals surface area contributed by atoms with Crippen LogP contribution in [0.4, 0.5) is 4.39 Å². The Morgan fingerprint density at radius 2 is 2.00 bits per heavy atom. The zero-order valence-electron chi connectivity index (χ0n) is 20.8. The number of aryl methyl sites for hydroxylation is 1. The molecule has 188 valence electrons. The van der Waals surface area contributed by atoms with E-state index in [1.54, 1.807) is 37.4 Å². The fourth-order valence-corrected chi connectivity index (χ4v) is 4.68. The highest BCUT2D eigenvalue weighted by Crippen LogP contribution is 2.38. The summed E-state index contributed by atoms with van der Waals surface area (Å²) in [5.74, 6) is 0.876. The monoisotopic (exact) mass is 492 g/mol. The van der Waals surface area contributed by atoms with Crippen molar-refractivity contribution in [2.45, 2.75) is 39.7 Å². The number of H-pyrrole nitrogens is 1. The lowest BCUT2D eigenvalue weighted by Gasteiger charge is -2.26.